The number of fused-ring (bicyclic) bond motifs is 1. The molecule has 2 aliphatic rings. The number of thioether (sulfide) groups is 1. The average molecular weight is 412 g/mol. The summed E-state index contributed by atoms with van der Waals surface area (Å²) in [4.78, 5) is 39.0. The molecule has 10 heteroatoms. The highest BCUT2D eigenvalue weighted by Crippen LogP contribution is 2.31. The fraction of sp³-hybridized carbons (Fsp3) is 0.471. The third-order valence-electron chi connectivity index (χ3n) is 4.48. The van der Waals surface area contributed by atoms with Crippen molar-refractivity contribution < 1.29 is 22.8 Å². The molecule has 27 heavy (non-hydrogen) atoms. The molecule has 1 unspecified atom stereocenters. The molecule has 1 aromatic rings. The lowest BCUT2D eigenvalue weighted by Crippen LogP contribution is -2.51. The third-order valence-corrected chi connectivity index (χ3v) is 7.16. The van der Waals surface area contributed by atoms with E-state index in [1.54, 1.807) is 36.9 Å². The molecule has 8 nitrogen and oxygen atoms in total. The fourth-order valence-electron chi connectivity index (χ4n) is 2.91. The van der Waals surface area contributed by atoms with Gasteiger partial charge in [-0.2, -0.15) is 0 Å². The monoisotopic (exact) mass is 411 g/mol. The Morgan fingerprint density at radius 1 is 1.26 bits per heavy atom. The quantitative estimate of drug-likeness (QED) is 0.749. The van der Waals surface area contributed by atoms with E-state index in [0.717, 1.165) is 4.90 Å². The third kappa shape index (κ3) is 4.81. The Hall–Kier alpha value is -2.07. The summed E-state index contributed by atoms with van der Waals surface area (Å²) in [6.07, 6.45) is 0.415. The molecule has 0 saturated carbocycles. The number of sulfone groups is 1. The Kier molecular flexibility index (Phi) is 5.75. The number of hydrogen-bond donors (Lipinski definition) is 2. The molecule has 146 valence electrons. The summed E-state index contributed by atoms with van der Waals surface area (Å²) in [6.45, 7) is 1.86. The van der Waals surface area contributed by atoms with Crippen molar-refractivity contribution in [2.75, 3.05) is 35.7 Å². The van der Waals surface area contributed by atoms with Crippen LogP contribution in [0.1, 0.15) is 23.7 Å². The van der Waals surface area contributed by atoms with Gasteiger partial charge in [-0.3, -0.25) is 14.4 Å². The van der Waals surface area contributed by atoms with Gasteiger partial charge in [0, 0.05) is 35.7 Å². The van der Waals surface area contributed by atoms with Crippen LogP contribution in [-0.2, 0) is 19.4 Å². The van der Waals surface area contributed by atoms with Gasteiger partial charge in [-0.05, 0) is 25.1 Å². The molecule has 0 radical (unpaired) electrons. The number of nitrogens with one attached hydrogen (secondary N) is 2. The van der Waals surface area contributed by atoms with Crippen molar-refractivity contribution in [3.63, 3.8) is 0 Å². The van der Waals surface area contributed by atoms with Gasteiger partial charge in [0.2, 0.25) is 11.8 Å². The lowest BCUT2D eigenvalue weighted by Gasteiger charge is -2.29. The first-order valence-electron chi connectivity index (χ1n) is 8.62. The van der Waals surface area contributed by atoms with Crippen LogP contribution in [-0.4, -0.2) is 67.4 Å². The SMILES string of the molecule is CC(NC(=O)c1ccc2c(c1)NC(=O)CCS2)C(=O)N1CCS(=O)(=O)CC1. The average Bonchev–Trinajstić information content (AvgIpc) is 2.80. The molecule has 2 aliphatic heterocycles. The molecular weight excluding hydrogens is 390 g/mol. The van der Waals surface area contributed by atoms with Crippen LogP contribution in [0.4, 0.5) is 5.69 Å². The minimum Gasteiger partial charge on any atom is -0.341 e. The molecule has 1 atom stereocenters. The van der Waals surface area contributed by atoms with Crippen molar-refractivity contribution in [1.82, 2.24) is 10.2 Å². The summed E-state index contributed by atoms with van der Waals surface area (Å²) in [5, 5.41) is 5.43. The van der Waals surface area contributed by atoms with Crippen LogP contribution in [0.15, 0.2) is 23.1 Å². The van der Waals surface area contributed by atoms with E-state index >= 15 is 0 Å². The first kappa shape index (κ1) is 19.7. The molecule has 0 spiro atoms. The minimum atomic E-state index is -3.07. The Morgan fingerprint density at radius 2 is 1.96 bits per heavy atom. The molecule has 2 N–H and O–H groups in total. The first-order valence-corrected chi connectivity index (χ1v) is 11.4. The topological polar surface area (TPSA) is 113 Å². The molecule has 3 rings (SSSR count). The van der Waals surface area contributed by atoms with Gasteiger partial charge in [-0.15, -0.1) is 11.8 Å². The van der Waals surface area contributed by atoms with Crippen LogP contribution in [0, 0.1) is 0 Å². The van der Waals surface area contributed by atoms with Crippen LogP contribution < -0.4 is 10.6 Å². The van der Waals surface area contributed by atoms with Crippen LogP contribution >= 0.6 is 11.8 Å². The summed E-state index contributed by atoms with van der Waals surface area (Å²) >= 11 is 1.55. The number of rotatable bonds is 3. The van der Waals surface area contributed by atoms with Crippen LogP contribution in [0.2, 0.25) is 0 Å². The fourth-order valence-corrected chi connectivity index (χ4v) is 5.05. The smallest absolute Gasteiger partial charge is 0.251 e. The van der Waals surface area contributed by atoms with E-state index in [1.165, 1.54) is 4.90 Å². The number of amides is 3. The number of nitrogens with zero attached hydrogens (tertiary/aromatic N) is 1. The van der Waals surface area contributed by atoms with E-state index in [2.05, 4.69) is 10.6 Å². The van der Waals surface area contributed by atoms with Gasteiger partial charge in [0.05, 0.1) is 17.2 Å². The zero-order valence-corrected chi connectivity index (χ0v) is 16.5. The molecule has 0 bridgehead atoms. The standard InChI is InChI=1S/C17H21N3O5S2/c1-11(17(23)20-5-8-27(24,25)9-6-20)18-16(22)12-2-3-14-13(10-12)19-15(21)4-7-26-14/h2-3,10-11H,4-9H2,1H3,(H,18,22)(H,19,21). The maximum atomic E-state index is 12.5. The second kappa shape index (κ2) is 7.89. The zero-order chi connectivity index (χ0) is 19.6. The summed E-state index contributed by atoms with van der Waals surface area (Å²) in [7, 11) is -3.07. The largest absolute Gasteiger partial charge is 0.341 e. The number of anilines is 1. The van der Waals surface area contributed by atoms with Gasteiger partial charge in [0.15, 0.2) is 9.84 Å². The molecule has 1 fully saturated rings. The predicted molar refractivity (Wildman–Crippen MR) is 103 cm³/mol. The summed E-state index contributed by atoms with van der Waals surface area (Å²) in [5.41, 5.74) is 0.938. The van der Waals surface area contributed by atoms with Crippen molar-refractivity contribution in [3.05, 3.63) is 23.8 Å². The molecule has 2 heterocycles. The van der Waals surface area contributed by atoms with Gasteiger partial charge >= 0.3 is 0 Å². The molecule has 1 aromatic carbocycles. The Balaban J connectivity index is 1.64. The van der Waals surface area contributed by atoms with Crippen LogP contribution in [0.3, 0.4) is 0 Å². The number of hydrogen-bond acceptors (Lipinski definition) is 6. The normalized spacial score (nSPS) is 20.0. The van der Waals surface area contributed by atoms with E-state index in [9.17, 15) is 22.8 Å². The minimum absolute atomic E-state index is 0.0540. The lowest BCUT2D eigenvalue weighted by molar-refractivity contribution is -0.132. The highest BCUT2D eigenvalue weighted by molar-refractivity contribution is 7.99. The molecular formula is C17H21N3O5S2. The van der Waals surface area contributed by atoms with E-state index in [4.69, 9.17) is 0 Å². The highest BCUT2D eigenvalue weighted by Gasteiger charge is 2.28. The first-order chi connectivity index (χ1) is 12.7. The number of carbonyl (C=O) groups is 3. The van der Waals surface area contributed by atoms with Crippen molar-refractivity contribution in [2.24, 2.45) is 0 Å². The van der Waals surface area contributed by atoms with Crippen molar-refractivity contribution in [2.45, 2.75) is 24.3 Å². The van der Waals surface area contributed by atoms with Crippen molar-refractivity contribution in [1.29, 1.82) is 0 Å². The number of benzene rings is 1. The number of carbonyl (C=O) groups excluding carboxylic acids is 3. The second-order valence-corrected chi connectivity index (χ2v) is 9.97. The highest BCUT2D eigenvalue weighted by atomic mass is 32.2. The summed E-state index contributed by atoms with van der Waals surface area (Å²) in [6, 6.07) is 4.26. The Bertz CT molecular complexity index is 871. The van der Waals surface area contributed by atoms with Gasteiger partial charge in [-0.25, -0.2) is 8.42 Å². The molecule has 0 aliphatic carbocycles. The van der Waals surface area contributed by atoms with Gasteiger partial charge in [0.25, 0.3) is 5.91 Å². The predicted octanol–water partition coefficient (Wildman–Crippen LogP) is 0.496. The summed E-state index contributed by atoms with van der Waals surface area (Å²) < 4.78 is 23.0. The molecule has 0 aromatic heterocycles. The lowest BCUT2D eigenvalue weighted by atomic mass is 10.1. The van der Waals surface area contributed by atoms with Crippen LogP contribution in [0.25, 0.3) is 0 Å². The maximum Gasteiger partial charge on any atom is 0.251 e. The van der Waals surface area contributed by atoms with E-state index < -0.39 is 21.8 Å². The van der Waals surface area contributed by atoms with Gasteiger partial charge < -0.3 is 15.5 Å². The van der Waals surface area contributed by atoms with Gasteiger partial charge in [-0.1, -0.05) is 0 Å². The Labute approximate surface area is 162 Å². The van der Waals surface area contributed by atoms with E-state index in [0.29, 0.717) is 23.4 Å². The van der Waals surface area contributed by atoms with E-state index in [1.807, 2.05) is 0 Å². The second-order valence-electron chi connectivity index (χ2n) is 6.53. The van der Waals surface area contributed by atoms with Gasteiger partial charge in [0.1, 0.15) is 6.04 Å². The van der Waals surface area contributed by atoms with E-state index in [-0.39, 0.29) is 36.4 Å². The molecule has 3 amide bonds. The summed E-state index contributed by atoms with van der Waals surface area (Å²) in [5.74, 6) is -0.254. The maximum absolute atomic E-state index is 12.5. The van der Waals surface area contributed by atoms with Crippen LogP contribution in [0.5, 0.6) is 0 Å². The van der Waals surface area contributed by atoms with Crippen molar-refractivity contribution in [3.8, 4) is 0 Å². The zero-order valence-electron chi connectivity index (χ0n) is 14.9. The molecule has 1 saturated heterocycles. The van der Waals surface area contributed by atoms with Crippen molar-refractivity contribution >= 4 is 45.0 Å². The Morgan fingerprint density at radius 3 is 2.67 bits per heavy atom.